The van der Waals surface area contributed by atoms with Crippen LogP contribution >= 0.6 is 0 Å². The molecule has 0 spiro atoms. The normalized spacial score (nSPS) is 12.4. The average molecular weight is 269 g/mol. The molecular formula is C14H23NO4. The first kappa shape index (κ1) is 15.9. The van der Waals surface area contributed by atoms with E-state index in [4.69, 9.17) is 14.3 Å². The zero-order chi connectivity index (χ0) is 14.1. The van der Waals surface area contributed by atoms with E-state index in [-0.39, 0.29) is 6.61 Å². The molecule has 1 unspecified atom stereocenters. The summed E-state index contributed by atoms with van der Waals surface area (Å²) in [7, 11) is 1.61. The van der Waals surface area contributed by atoms with Crippen LogP contribution in [0.3, 0.4) is 0 Å². The number of benzene rings is 1. The van der Waals surface area contributed by atoms with Crippen LogP contribution in [0.5, 0.6) is 5.75 Å². The summed E-state index contributed by atoms with van der Waals surface area (Å²) in [4.78, 5) is 5.05. The Hall–Kier alpha value is -1.14. The van der Waals surface area contributed by atoms with Crippen LogP contribution in [0, 0.1) is 13.8 Å². The third-order valence-corrected chi connectivity index (χ3v) is 2.59. The van der Waals surface area contributed by atoms with Crippen LogP contribution in [0.2, 0.25) is 0 Å². The van der Waals surface area contributed by atoms with Gasteiger partial charge in [-0.05, 0) is 31.0 Å². The maximum absolute atomic E-state index is 9.73. The van der Waals surface area contributed by atoms with E-state index in [1.807, 2.05) is 32.0 Å². The predicted octanol–water partition coefficient (Wildman–Crippen LogP) is 1.21. The van der Waals surface area contributed by atoms with Crippen molar-refractivity contribution >= 4 is 0 Å². The van der Waals surface area contributed by atoms with Gasteiger partial charge in [-0.2, -0.15) is 5.48 Å². The molecule has 0 aromatic heterocycles. The second-order valence-corrected chi connectivity index (χ2v) is 4.42. The van der Waals surface area contributed by atoms with Crippen molar-refractivity contribution < 1.29 is 19.4 Å². The molecule has 19 heavy (non-hydrogen) atoms. The third-order valence-electron chi connectivity index (χ3n) is 2.59. The van der Waals surface area contributed by atoms with Gasteiger partial charge in [0.05, 0.1) is 19.8 Å². The molecule has 0 aliphatic heterocycles. The highest BCUT2D eigenvalue weighted by atomic mass is 16.7. The van der Waals surface area contributed by atoms with Crippen molar-refractivity contribution in [1.29, 1.82) is 0 Å². The van der Waals surface area contributed by atoms with Crippen molar-refractivity contribution in [1.82, 2.24) is 5.48 Å². The quantitative estimate of drug-likeness (QED) is 0.521. The number of methoxy groups -OCH3 is 1. The summed E-state index contributed by atoms with van der Waals surface area (Å²) in [5.41, 5.74) is 4.87. The molecule has 1 aromatic rings. The molecule has 1 atom stereocenters. The van der Waals surface area contributed by atoms with Crippen LogP contribution in [0.15, 0.2) is 18.2 Å². The fourth-order valence-electron chi connectivity index (χ4n) is 1.46. The highest BCUT2D eigenvalue weighted by Crippen LogP contribution is 2.19. The number of aliphatic hydroxyl groups is 1. The van der Waals surface area contributed by atoms with Gasteiger partial charge in [-0.3, -0.25) is 4.84 Å². The van der Waals surface area contributed by atoms with Crippen molar-refractivity contribution in [3.63, 3.8) is 0 Å². The van der Waals surface area contributed by atoms with Crippen molar-refractivity contribution in [2.45, 2.75) is 20.0 Å². The standard InChI is InChI=1S/C14H23NO4/c1-11-4-5-12(2)14(8-11)18-10-13(16)9-15-19-7-6-17-3/h4-5,8,13,15-16H,6-7,9-10H2,1-3H3. The second kappa shape index (κ2) is 8.87. The summed E-state index contributed by atoms with van der Waals surface area (Å²) in [6.45, 7) is 5.49. The topological polar surface area (TPSA) is 60.0 Å². The molecule has 0 saturated carbocycles. The number of hydrogen-bond donors (Lipinski definition) is 2. The maximum Gasteiger partial charge on any atom is 0.122 e. The number of hydroxylamine groups is 1. The summed E-state index contributed by atoms with van der Waals surface area (Å²) >= 11 is 0. The average Bonchev–Trinajstić information content (AvgIpc) is 2.39. The minimum Gasteiger partial charge on any atom is -0.491 e. The lowest BCUT2D eigenvalue weighted by Crippen LogP contribution is -2.32. The van der Waals surface area contributed by atoms with Crippen LogP contribution in [0.4, 0.5) is 0 Å². The van der Waals surface area contributed by atoms with Gasteiger partial charge in [0.15, 0.2) is 0 Å². The predicted molar refractivity (Wildman–Crippen MR) is 73.2 cm³/mol. The lowest BCUT2D eigenvalue weighted by atomic mass is 10.1. The van der Waals surface area contributed by atoms with Crippen LogP contribution in [-0.2, 0) is 9.57 Å². The molecule has 0 aliphatic carbocycles. The van der Waals surface area contributed by atoms with Gasteiger partial charge < -0.3 is 14.6 Å². The summed E-state index contributed by atoms with van der Waals surface area (Å²) in [5, 5.41) is 9.73. The summed E-state index contributed by atoms with van der Waals surface area (Å²) in [6, 6.07) is 6.00. The molecule has 5 nitrogen and oxygen atoms in total. The first-order valence-electron chi connectivity index (χ1n) is 6.35. The molecule has 0 fully saturated rings. The van der Waals surface area contributed by atoms with Crippen LogP contribution in [-0.4, -0.2) is 44.7 Å². The summed E-state index contributed by atoms with van der Waals surface area (Å²) in [5.74, 6) is 0.805. The molecule has 0 bridgehead atoms. The number of hydrogen-bond acceptors (Lipinski definition) is 5. The van der Waals surface area contributed by atoms with Crippen molar-refractivity contribution in [2.75, 3.05) is 33.5 Å². The van der Waals surface area contributed by atoms with E-state index in [9.17, 15) is 5.11 Å². The molecule has 0 saturated heterocycles. The molecule has 108 valence electrons. The number of aliphatic hydroxyl groups excluding tert-OH is 1. The van der Waals surface area contributed by atoms with E-state index in [0.717, 1.165) is 16.9 Å². The van der Waals surface area contributed by atoms with Gasteiger partial charge in [-0.1, -0.05) is 12.1 Å². The van der Waals surface area contributed by atoms with Gasteiger partial charge in [0.25, 0.3) is 0 Å². The van der Waals surface area contributed by atoms with E-state index < -0.39 is 6.10 Å². The highest BCUT2D eigenvalue weighted by molar-refractivity contribution is 5.35. The van der Waals surface area contributed by atoms with E-state index in [1.54, 1.807) is 7.11 Å². The zero-order valence-corrected chi connectivity index (χ0v) is 11.8. The molecule has 0 amide bonds. The van der Waals surface area contributed by atoms with Crippen LogP contribution < -0.4 is 10.2 Å². The fraction of sp³-hybridized carbons (Fsp3) is 0.571. The van der Waals surface area contributed by atoms with Gasteiger partial charge in [-0.15, -0.1) is 0 Å². The number of aryl methyl sites for hydroxylation is 2. The Bertz CT molecular complexity index is 370. The molecular weight excluding hydrogens is 246 g/mol. The van der Waals surface area contributed by atoms with E-state index in [1.165, 1.54) is 0 Å². The Morgan fingerprint density at radius 3 is 2.79 bits per heavy atom. The van der Waals surface area contributed by atoms with E-state index >= 15 is 0 Å². The van der Waals surface area contributed by atoms with Crippen molar-refractivity contribution in [3.05, 3.63) is 29.3 Å². The molecule has 1 rings (SSSR count). The molecule has 0 aliphatic rings. The Labute approximate surface area is 114 Å². The van der Waals surface area contributed by atoms with Gasteiger partial charge in [-0.25, -0.2) is 0 Å². The molecule has 0 heterocycles. The Morgan fingerprint density at radius 1 is 1.26 bits per heavy atom. The van der Waals surface area contributed by atoms with Gasteiger partial charge in [0.2, 0.25) is 0 Å². The first-order valence-corrected chi connectivity index (χ1v) is 6.35. The number of nitrogens with one attached hydrogen (secondary N) is 1. The van der Waals surface area contributed by atoms with Crippen LogP contribution in [0.25, 0.3) is 0 Å². The van der Waals surface area contributed by atoms with Gasteiger partial charge >= 0.3 is 0 Å². The lowest BCUT2D eigenvalue weighted by Gasteiger charge is -2.14. The smallest absolute Gasteiger partial charge is 0.122 e. The zero-order valence-electron chi connectivity index (χ0n) is 11.8. The lowest BCUT2D eigenvalue weighted by molar-refractivity contribution is -0.0173. The molecule has 5 heteroatoms. The van der Waals surface area contributed by atoms with Crippen LogP contribution in [0.1, 0.15) is 11.1 Å². The molecule has 2 N–H and O–H groups in total. The fourth-order valence-corrected chi connectivity index (χ4v) is 1.46. The van der Waals surface area contributed by atoms with Gasteiger partial charge in [0, 0.05) is 7.11 Å². The SMILES string of the molecule is COCCONCC(O)COc1cc(C)ccc1C. The van der Waals surface area contributed by atoms with E-state index in [2.05, 4.69) is 5.48 Å². The minimum absolute atomic E-state index is 0.227. The molecule has 1 aromatic carbocycles. The van der Waals surface area contributed by atoms with E-state index in [0.29, 0.717) is 19.8 Å². The van der Waals surface area contributed by atoms with Crippen molar-refractivity contribution in [2.24, 2.45) is 0 Å². The summed E-state index contributed by atoms with van der Waals surface area (Å²) < 4.78 is 10.4. The monoisotopic (exact) mass is 269 g/mol. The second-order valence-electron chi connectivity index (χ2n) is 4.42. The first-order chi connectivity index (χ1) is 9.13. The summed E-state index contributed by atoms with van der Waals surface area (Å²) in [6.07, 6.45) is -0.623. The molecule has 0 radical (unpaired) electrons. The minimum atomic E-state index is -0.623. The Balaban J connectivity index is 2.22. The highest BCUT2D eigenvalue weighted by Gasteiger charge is 2.06. The number of rotatable bonds is 9. The third kappa shape index (κ3) is 6.54. The Morgan fingerprint density at radius 2 is 2.05 bits per heavy atom. The maximum atomic E-state index is 9.73. The Kier molecular flexibility index (Phi) is 7.43. The van der Waals surface area contributed by atoms with Crippen molar-refractivity contribution in [3.8, 4) is 5.75 Å². The van der Waals surface area contributed by atoms with Gasteiger partial charge in [0.1, 0.15) is 18.5 Å². The number of ether oxygens (including phenoxy) is 2. The largest absolute Gasteiger partial charge is 0.491 e.